The SMILES string of the molecule is CC(=O)N(CC1CN(C(=O)OC(C)(C)C)CC1N)C(c1nc(-c2cc(F)ccc2F)cn1Cc1ccccc1)C(C)(C)C. The number of ether oxygens (including phenoxy) is 1. The van der Waals surface area contributed by atoms with E-state index in [4.69, 9.17) is 15.5 Å². The maximum absolute atomic E-state index is 14.9. The predicted molar refractivity (Wildman–Crippen MR) is 162 cm³/mol. The monoisotopic (exact) mass is 595 g/mol. The summed E-state index contributed by atoms with van der Waals surface area (Å²) >= 11 is 0. The van der Waals surface area contributed by atoms with E-state index in [2.05, 4.69) is 0 Å². The maximum atomic E-state index is 14.9. The number of likely N-dealkylation sites (tertiary alicyclic amines) is 1. The molecular weight excluding hydrogens is 552 g/mol. The number of aromatic nitrogens is 2. The number of hydrogen-bond donors (Lipinski definition) is 1. The van der Waals surface area contributed by atoms with Gasteiger partial charge in [-0.05, 0) is 49.9 Å². The third-order valence-corrected chi connectivity index (χ3v) is 7.56. The second kappa shape index (κ2) is 12.4. The van der Waals surface area contributed by atoms with Gasteiger partial charge in [0.25, 0.3) is 0 Å². The fourth-order valence-corrected chi connectivity index (χ4v) is 5.61. The molecule has 1 aliphatic rings. The van der Waals surface area contributed by atoms with E-state index in [-0.39, 0.29) is 35.7 Å². The molecule has 0 saturated carbocycles. The van der Waals surface area contributed by atoms with Gasteiger partial charge in [-0.2, -0.15) is 0 Å². The van der Waals surface area contributed by atoms with Crippen molar-refractivity contribution in [3.63, 3.8) is 0 Å². The minimum atomic E-state index is -0.642. The van der Waals surface area contributed by atoms with Crippen molar-refractivity contribution >= 4 is 12.0 Å². The molecule has 2 N–H and O–H groups in total. The number of nitrogens with zero attached hydrogens (tertiary/aromatic N) is 4. The zero-order valence-corrected chi connectivity index (χ0v) is 26.1. The molecule has 2 heterocycles. The van der Waals surface area contributed by atoms with E-state index >= 15 is 0 Å². The Kier molecular flexibility index (Phi) is 9.30. The van der Waals surface area contributed by atoms with Gasteiger partial charge in [0.15, 0.2) is 0 Å². The fourth-order valence-electron chi connectivity index (χ4n) is 5.61. The molecule has 0 spiro atoms. The number of rotatable bonds is 7. The molecule has 0 bridgehead atoms. The number of amides is 2. The third-order valence-electron chi connectivity index (χ3n) is 7.56. The molecule has 2 aromatic carbocycles. The van der Waals surface area contributed by atoms with Crippen LogP contribution in [0.15, 0.2) is 54.7 Å². The van der Waals surface area contributed by atoms with Crippen LogP contribution in [0.25, 0.3) is 11.3 Å². The van der Waals surface area contributed by atoms with Crippen LogP contribution < -0.4 is 5.73 Å². The summed E-state index contributed by atoms with van der Waals surface area (Å²) in [4.78, 5) is 34.4. The van der Waals surface area contributed by atoms with E-state index in [1.165, 1.54) is 6.92 Å². The van der Waals surface area contributed by atoms with Crippen LogP contribution in [0.5, 0.6) is 0 Å². The molecule has 0 radical (unpaired) electrons. The van der Waals surface area contributed by atoms with Crippen molar-refractivity contribution in [2.45, 2.75) is 72.7 Å². The molecule has 3 unspecified atom stereocenters. The van der Waals surface area contributed by atoms with Crippen molar-refractivity contribution in [2.75, 3.05) is 19.6 Å². The van der Waals surface area contributed by atoms with E-state index in [0.29, 0.717) is 25.5 Å². The third kappa shape index (κ3) is 7.79. The molecule has 43 heavy (non-hydrogen) atoms. The molecule has 232 valence electrons. The molecule has 10 heteroatoms. The molecule has 3 aromatic rings. The normalized spacial score (nSPS) is 18.0. The highest BCUT2D eigenvalue weighted by atomic mass is 19.1. The standard InChI is InChI=1S/C33H43F2N5O3/c1-21(41)40(18-23-17-39(19-27(23)36)31(42)43-33(5,6)7)29(32(2,3)4)30-37-28(25-15-24(34)13-14-26(25)35)20-38(30)16-22-11-9-8-10-12-22/h8-15,20,23,27,29H,16-19,36H2,1-7H3. The van der Waals surface area contributed by atoms with Crippen LogP contribution in [0, 0.1) is 23.0 Å². The lowest BCUT2D eigenvalue weighted by molar-refractivity contribution is -0.135. The highest BCUT2D eigenvalue weighted by Crippen LogP contribution is 2.40. The summed E-state index contributed by atoms with van der Waals surface area (Å²) in [5.41, 5.74) is 6.67. The Hall–Kier alpha value is -3.79. The summed E-state index contributed by atoms with van der Waals surface area (Å²) in [6.07, 6.45) is 1.27. The van der Waals surface area contributed by atoms with Crippen LogP contribution in [0.4, 0.5) is 13.6 Å². The Labute approximate surface area is 252 Å². The van der Waals surface area contributed by atoms with Gasteiger partial charge in [0.05, 0.1) is 11.7 Å². The molecule has 1 aromatic heterocycles. The van der Waals surface area contributed by atoms with Crippen LogP contribution in [-0.2, 0) is 16.1 Å². The minimum Gasteiger partial charge on any atom is -0.444 e. The molecular formula is C33H43F2N5O3. The fraction of sp³-hybridized carbons (Fsp3) is 0.485. The first-order chi connectivity index (χ1) is 20.0. The summed E-state index contributed by atoms with van der Waals surface area (Å²) in [6, 6.07) is 12.1. The smallest absolute Gasteiger partial charge is 0.410 e. The number of carbonyl (C=O) groups is 2. The van der Waals surface area contributed by atoms with E-state index in [1.54, 1.807) is 16.0 Å². The summed E-state index contributed by atoms with van der Waals surface area (Å²) < 4.78 is 36.6. The number of benzene rings is 2. The molecule has 3 atom stereocenters. The van der Waals surface area contributed by atoms with Gasteiger partial charge >= 0.3 is 6.09 Å². The average molecular weight is 596 g/mol. The minimum absolute atomic E-state index is 0.0425. The molecule has 2 amide bonds. The van der Waals surface area contributed by atoms with Gasteiger partial charge in [-0.25, -0.2) is 18.6 Å². The Morgan fingerprint density at radius 2 is 1.74 bits per heavy atom. The number of halogens is 2. The Bertz CT molecular complexity index is 1440. The molecule has 4 rings (SSSR count). The zero-order chi connectivity index (χ0) is 31.7. The maximum Gasteiger partial charge on any atom is 0.410 e. The average Bonchev–Trinajstić information content (AvgIpc) is 3.47. The lowest BCUT2D eigenvalue weighted by Crippen LogP contribution is -2.46. The van der Waals surface area contributed by atoms with Gasteiger partial charge in [-0.1, -0.05) is 51.1 Å². The lowest BCUT2D eigenvalue weighted by Gasteiger charge is -2.41. The van der Waals surface area contributed by atoms with E-state index in [1.807, 2.05) is 76.4 Å². The van der Waals surface area contributed by atoms with Crippen LogP contribution in [0.1, 0.15) is 65.9 Å². The van der Waals surface area contributed by atoms with E-state index in [9.17, 15) is 18.4 Å². The molecule has 1 aliphatic heterocycles. The van der Waals surface area contributed by atoms with Gasteiger partial charge in [-0.3, -0.25) is 4.79 Å². The van der Waals surface area contributed by atoms with Crippen molar-refractivity contribution in [2.24, 2.45) is 17.1 Å². The Morgan fingerprint density at radius 3 is 2.35 bits per heavy atom. The summed E-state index contributed by atoms with van der Waals surface area (Å²) in [5.74, 6) is -1.01. The van der Waals surface area contributed by atoms with Crippen molar-refractivity contribution in [1.29, 1.82) is 0 Å². The van der Waals surface area contributed by atoms with Crippen molar-refractivity contribution < 1.29 is 23.1 Å². The topological polar surface area (TPSA) is 93.7 Å². The summed E-state index contributed by atoms with van der Waals surface area (Å²) in [7, 11) is 0. The van der Waals surface area contributed by atoms with Crippen LogP contribution >= 0.6 is 0 Å². The Morgan fingerprint density at radius 1 is 1.07 bits per heavy atom. The van der Waals surface area contributed by atoms with Crippen LogP contribution in [0.2, 0.25) is 0 Å². The highest BCUT2D eigenvalue weighted by molar-refractivity contribution is 5.74. The van der Waals surface area contributed by atoms with E-state index in [0.717, 1.165) is 23.8 Å². The van der Waals surface area contributed by atoms with Gasteiger partial charge in [0, 0.05) is 56.8 Å². The molecule has 1 fully saturated rings. The number of nitrogens with two attached hydrogens (primary N) is 1. The largest absolute Gasteiger partial charge is 0.444 e. The quantitative estimate of drug-likeness (QED) is 0.361. The lowest BCUT2D eigenvalue weighted by atomic mass is 9.84. The number of carbonyl (C=O) groups excluding carboxylic acids is 2. The van der Waals surface area contributed by atoms with Crippen molar-refractivity contribution in [1.82, 2.24) is 19.4 Å². The molecule has 0 aliphatic carbocycles. The Balaban J connectivity index is 1.75. The number of imidazole rings is 1. The summed E-state index contributed by atoms with van der Waals surface area (Å²) in [6.45, 7) is 14.3. The van der Waals surface area contributed by atoms with Crippen LogP contribution in [0.3, 0.4) is 0 Å². The van der Waals surface area contributed by atoms with Crippen molar-refractivity contribution in [3.8, 4) is 11.3 Å². The number of hydrogen-bond acceptors (Lipinski definition) is 5. The highest BCUT2D eigenvalue weighted by Gasteiger charge is 2.42. The van der Waals surface area contributed by atoms with E-state index < -0.39 is 34.8 Å². The first-order valence-corrected chi connectivity index (χ1v) is 14.6. The van der Waals surface area contributed by atoms with Gasteiger partial charge in [-0.15, -0.1) is 0 Å². The van der Waals surface area contributed by atoms with Gasteiger partial charge < -0.3 is 24.8 Å². The second-order valence-corrected chi connectivity index (χ2v) is 13.5. The van der Waals surface area contributed by atoms with Crippen molar-refractivity contribution in [3.05, 3.63) is 77.8 Å². The van der Waals surface area contributed by atoms with Crippen LogP contribution in [-0.4, -0.2) is 62.6 Å². The first-order valence-electron chi connectivity index (χ1n) is 14.6. The molecule has 1 saturated heterocycles. The zero-order valence-electron chi connectivity index (χ0n) is 26.1. The molecule has 8 nitrogen and oxygen atoms in total. The predicted octanol–water partition coefficient (Wildman–Crippen LogP) is 6.01. The first kappa shape index (κ1) is 32.1. The van der Waals surface area contributed by atoms with Gasteiger partial charge in [0.1, 0.15) is 23.1 Å². The summed E-state index contributed by atoms with van der Waals surface area (Å²) in [5, 5.41) is 0. The van der Waals surface area contributed by atoms with Gasteiger partial charge in [0.2, 0.25) is 5.91 Å². The second-order valence-electron chi connectivity index (χ2n) is 13.5.